The molecule has 0 heterocycles. The maximum atomic E-state index is 13.2. The van der Waals surface area contributed by atoms with Gasteiger partial charge in [0.25, 0.3) is 0 Å². The van der Waals surface area contributed by atoms with Crippen LogP contribution >= 0.6 is 0 Å². The molecule has 0 aromatic heterocycles. The fraction of sp³-hybridized carbons (Fsp3) is 0.533. The maximum absolute atomic E-state index is 13.2. The molecule has 1 amide bonds. The van der Waals surface area contributed by atoms with Gasteiger partial charge in [-0.05, 0) is 43.5 Å². The molecule has 19 heavy (non-hydrogen) atoms. The number of amides is 1. The van der Waals surface area contributed by atoms with Gasteiger partial charge in [0.15, 0.2) is 0 Å². The first kappa shape index (κ1) is 13.8. The number of carbonyl (C=O) groups excluding carboxylic acids is 1. The topological polar surface area (TPSA) is 41.1 Å². The zero-order chi connectivity index (χ0) is 13.7. The third kappa shape index (κ3) is 4.54. The Morgan fingerprint density at radius 1 is 1.26 bits per heavy atom. The number of hydrogen-bond acceptors (Lipinski definition) is 2. The van der Waals surface area contributed by atoms with Crippen molar-refractivity contribution in [3.63, 3.8) is 0 Å². The molecule has 1 aromatic carbocycles. The fourth-order valence-electron chi connectivity index (χ4n) is 2.55. The minimum absolute atomic E-state index is 0.0196. The molecule has 1 saturated carbocycles. The average molecular weight is 264 g/mol. The molecule has 2 N–H and O–H groups in total. The second-order valence-electron chi connectivity index (χ2n) is 5.27. The van der Waals surface area contributed by atoms with E-state index in [2.05, 4.69) is 10.6 Å². The van der Waals surface area contributed by atoms with E-state index in [4.69, 9.17) is 0 Å². The lowest BCUT2D eigenvalue weighted by Crippen LogP contribution is -2.39. The van der Waals surface area contributed by atoms with E-state index in [1.54, 1.807) is 0 Å². The predicted molar refractivity (Wildman–Crippen MR) is 74.6 cm³/mol. The number of nitrogens with one attached hydrogen (secondary N) is 2. The van der Waals surface area contributed by atoms with Crippen LogP contribution in [0.2, 0.25) is 0 Å². The molecule has 0 spiro atoms. The summed E-state index contributed by atoms with van der Waals surface area (Å²) in [5, 5.41) is 5.99. The summed E-state index contributed by atoms with van der Waals surface area (Å²) in [5.41, 5.74) is 1.49. The van der Waals surface area contributed by atoms with Crippen molar-refractivity contribution >= 4 is 11.6 Å². The molecular weight excluding hydrogens is 243 g/mol. The standard InChI is InChI=1S/C15H21FN2O/c1-11-7-12(16)9-14(8-11)17-10-15(19)18-13-5-3-2-4-6-13/h7-9,13,17H,2-6,10H2,1H3,(H,18,19). The van der Waals surface area contributed by atoms with Crippen LogP contribution < -0.4 is 10.6 Å². The van der Waals surface area contributed by atoms with E-state index in [0.29, 0.717) is 11.7 Å². The van der Waals surface area contributed by atoms with Crippen molar-refractivity contribution in [2.45, 2.75) is 45.1 Å². The van der Waals surface area contributed by atoms with E-state index in [0.717, 1.165) is 18.4 Å². The molecule has 4 heteroatoms. The van der Waals surface area contributed by atoms with Gasteiger partial charge < -0.3 is 10.6 Å². The molecule has 104 valence electrons. The van der Waals surface area contributed by atoms with Gasteiger partial charge in [0.05, 0.1) is 6.54 Å². The van der Waals surface area contributed by atoms with Gasteiger partial charge in [0.2, 0.25) is 5.91 Å². The third-order valence-electron chi connectivity index (χ3n) is 3.47. The van der Waals surface area contributed by atoms with Gasteiger partial charge in [-0.3, -0.25) is 4.79 Å². The van der Waals surface area contributed by atoms with Crippen LogP contribution in [-0.2, 0) is 4.79 Å². The number of halogens is 1. The van der Waals surface area contributed by atoms with Crippen molar-refractivity contribution in [1.82, 2.24) is 5.32 Å². The minimum Gasteiger partial charge on any atom is -0.376 e. The Bertz CT molecular complexity index is 422. The highest BCUT2D eigenvalue weighted by Gasteiger charge is 2.15. The van der Waals surface area contributed by atoms with E-state index in [1.807, 2.05) is 13.0 Å². The number of anilines is 1. The molecule has 0 saturated heterocycles. The van der Waals surface area contributed by atoms with Gasteiger partial charge in [-0.1, -0.05) is 19.3 Å². The molecule has 1 aliphatic carbocycles. The number of aryl methyl sites for hydroxylation is 1. The Morgan fingerprint density at radius 2 is 2.00 bits per heavy atom. The molecule has 1 aromatic rings. The van der Waals surface area contributed by atoms with Gasteiger partial charge >= 0.3 is 0 Å². The maximum Gasteiger partial charge on any atom is 0.239 e. The van der Waals surface area contributed by atoms with Crippen LogP contribution in [0, 0.1) is 12.7 Å². The summed E-state index contributed by atoms with van der Waals surface area (Å²) in [5.74, 6) is -0.302. The highest BCUT2D eigenvalue weighted by molar-refractivity contribution is 5.81. The Morgan fingerprint density at radius 3 is 2.68 bits per heavy atom. The van der Waals surface area contributed by atoms with Crippen molar-refractivity contribution in [2.75, 3.05) is 11.9 Å². The highest BCUT2D eigenvalue weighted by atomic mass is 19.1. The number of rotatable bonds is 4. The SMILES string of the molecule is Cc1cc(F)cc(NCC(=O)NC2CCCCC2)c1. The second-order valence-corrected chi connectivity index (χ2v) is 5.27. The van der Waals surface area contributed by atoms with E-state index >= 15 is 0 Å². The van der Waals surface area contributed by atoms with E-state index in [-0.39, 0.29) is 18.3 Å². The predicted octanol–water partition coefficient (Wildman–Crippen LogP) is 2.99. The van der Waals surface area contributed by atoms with Crippen LogP contribution in [0.15, 0.2) is 18.2 Å². The third-order valence-corrected chi connectivity index (χ3v) is 3.47. The van der Waals surface area contributed by atoms with Crippen LogP contribution in [0.5, 0.6) is 0 Å². The smallest absolute Gasteiger partial charge is 0.239 e. The lowest BCUT2D eigenvalue weighted by Gasteiger charge is -2.22. The molecule has 1 aliphatic rings. The summed E-state index contributed by atoms with van der Waals surface area (Å²) >= 11 is 0. The van der Waals surface area contributed by atoms with Crippen molar-refractivity contribution in [3.05, 3.63) is 29.6 Å². The molecule has 1 fully saturated rings. The Kier molecular flexibility index (Phi) is 4.77. The zero-order valence-corrected chi connectivity index (χ0v) is 11.3. The molecule has 0 aliphatic heterocycles. The first-order chi connectivity index (χ1) is 9.13. The molecular formula is C15H21FN2O. The molecule has 0 radical (unpaired) electrons. The number of benzene rings is 1. The van der Waals surface area contributed by atoms with Gasteiger partial charge in [0.1, 0.15) is 5.82 Å². The zero-order valence-electron chi connectivity index (χ0n) is 11.3. The largest absolute Gasteiger partial charge is 0.376 e. The molecule has 0 atom stereocenters. The Hall–Kier alpha value is -1.58. The van der Waals surface area contributed by atoms with Crippen LogP contribution in [0.4, 0.5) is 10.1 Å². The van der Waals surface area contributed by atoms with Gasteiger partial charge in [-0.15, -0.1) is 0 Å². The second kappa shape index (κ2) is 6.55. The molecule has 0 unspecified atom stereocenters. The first-order valence-electron chi connectivity index (χ1n) is 6.94. The molecule has 0 bridgehead atoms. The summed E-state index contributed by atoms with van der Waals surface area (Å²) < 4.78 is 13.2. The minimum atomic E-state index is -0.282. The van der Waals surface area contributed by atoms with Gasteiger partial charge in [-0.2, -0.15) is 0 Å². The normalized spacial score (nSPS) is 16.1. The molecule has 3 nitrogen and oxygen atoms in total. The van der Waals surface area contributed by atoms with E-state index in [1.165, 1.54) is 31.4 Å². The van der Waals surface area contributed by atoms with E-state index < -0.39 is 0 Å². The van der Waals surface area contributed by atoms with Gasteiger partial charge in [0, 0.05) is 11.7 Å². The van der Waals surface area contributed by atoms with Gasteiger partial charge in [-0.25, -0.2) is 4.39 Å². The molecule has 2 rings (SSSR count). The van der Waals surface area contributed by atoms with Crippen LogP contribution in [0.1, 0.15) is 37.7 Å². The lowest BCUT2D eigenvalue weighted by atomic mass is 9.95. The first-order valence-corrected chi connectivity index (χ1v) is 6.94. The highest BCUT2D eigenvalue weighted by Crippen LogP contribution is 2.17. The summed E-state index contributed by atoms with van der Waals surface area (Å²) in [6.07, 6.45) is 5.81. The van der Waals surface area contributed by atoms with Crippen LogP contribution in [-0.4, -0.2) is 18.5 Å². The van der Waals surface area contributed by atoms with Crippen molar-refractivity contribution in [1.29, 1.82) is 0 Å². The summed E-state index contributed by atoms with van der Waals surface area (Å²) in [6.45, 7) is 2.02. The fourth-order valence-corrected chi connectivity index (χ4v) is 2.55. The van der Waals surface area contributed by atoms with Crippen molar-refractivity contribution in [2.24, 2.45) is 0 Å². The van der Waals surface area contributed by atoms with Crippen molar-refractivity contribution < 1.29 is 9.18 Å². The van der Waals surface area contributed by atoms with Crippen LogP contribution in [0.25, 0.3) is 0 Å². The monoisotopic (exact) mass is 264 g/mol. The average Bonchev–Trinajstić information content (AvgIpc) is 2.36. The Labute approximate surface area is 113 Å². The Balaban J connectivity index is 1.79. The number of hydrogen-bond donors (Lipinski definition) is 2. The lowest BCUT2D eigenvalue weighted by molar-refractivity contribution is -0.120. The summed E-state index contributed by atoms with van der Waals surface area (Å²) in [6, 6.07) is 5.02. The van der Waals surface area contributed by atoms with Crippen LogP contribution in [0.3, 0.4) is 0 Å². The number of carbonyl (C=O) groups is 1. The van der Waals surface area contributed by atoms with Crippen molar-refractivity contribution in [3.8, 4) is 0 Å². The summed E-state index contributed by atoms with van der Waals surface area (Å²) in [4.78, 5) is 11.8. The van der Waals surface area contributed by atoms with E-state index in [9.17, 15) is 9.18 Å². The summed E-state index contributed by atoms with van der Waals surface area (Å²) in [7, 11) is 0. The quantitative estimate of drug-likeness (QED) is 0.877.